The van der Waals surface area contributed by atoms with Crippen LogP contribution in [0.2, 0.25) is 0 Å². The molecule has 1 aromatic rings. The van der Waals surface area contributed by atoms with E-state index in [2.05, 4.69) is 20.9 Å². The van der Waals surface area contributed by atoms with E-state index in [1.54, 1.807) is 6.07 Å². The molecule has 0 spiro atoms. The topological polar surface area (TPSA) is 64.9 Å². The van der Waals surface area contributed by atoms with E-state index in [9.17, 15) is 0 Å². The van der Waals surface area contributed by atoms with Gasteiger partial charge in [0.05, 0.1) is 15.9 Å². The van der Waals surface area contributed by atoms with Gasteiger partial charge in [0.1, 0.15) is 0 Å². The smallest absolute Gasteiger partial charge is 0.0617 e. The summed E-state index contributed by atoms with van der Waals surface area (Å²) in [6, 6.07) is 1.77. The number of halogens is 1. The third-order valence-electron chi connectivity index (χ3n) is 1.41. The van der Waals surface area contributed by atoms with Crippen LogP contribution in [0, 0.1) is 6.92 Å². The Bertz CT molecular complexity index is 249. The van der Waals surface area contributed by atoms with Crippen LogP contribution in [-0.4, -0.2) is 4.98 Å². The van der Waals surface area contributed by atoms with Gasteiger partial charge in [-0.25, -0.2) is 0 Å². The summed E-state index contributed by atoms with van der Waals surface area (Å²) in [5.74, 6) is 0. The Balaban J connectivity index is 3.21. The van der Waals surface area contributed by atoms with Gasteiger partial charge in [0, 0.05) is 12.2 Å². The van der Waals surface area contributed by atoms with E-state index in [4.69, 9.17) is 11.5 Å². The molecule has 0 fully saturated rings. The molecule has 4 N–H and O–H groups in total. The Morgan fingerprint density at radius 3 is 2.73 bits per heavy atom. The molecule has 4 heteroatoms. The minimum absolute atomic E-state index is 0.429. The van der Waals surface area contributed by atoms with Crippen molar-refractivity contribution in [3.63, 3.8) is 0 Å². The fraction of sp³-hybridized carbons (Fsp3) is 0.286. The van der Waals surface area contributed by atoms with Gasteiger partial charge in [-0.05, 0) is 28.9 Å². The molecule has 11 heavy (non-hydrogen) atoms. The van der Waals surface area contributed by atoms with Crippen LogP contribution in [0.3, 0.4) is 0 Å². The second-order valence-corrected chi connectivity index (χ2v) is 3.10. The quantitative estimate of drug-likeness (QED) is 0.741. The molecular weight excluding hydrogens is 206 g/mol. The van der Waals surface area contributed by atoms with Gasteiger partial charge in [0.25, 0.3) is 0 Å². The highest BCUT2D eigenvalue weighted by Gasteiger charge is 2.02. The van der Waals surface area contributed by atoms with Crippen molar-refractivity contribution in [2.24, 2.45) is 5.73 Å². The van der Waals surface area contributed by atoms with Crippen molar-refractivity contribution in [2.45, 2.75) is 13.5 Å². The fourth-order valence-corrected chi connectivity index (χ4v) is 1.06. The highest BCUT2D eigenvalue weighted by Crippen LogP contribution is 2.22. The molecule has 0 amide bonds. The second kappa shape index (κ2) is 3.19. The summed E-state index contributed by atoms with van der Waals surface area (Å²) in [6.07, 6.45) is 0. The molecule has 0 saturated carbocycles. The fourth-order valence-electron chi connectivity index (χ4n) is 0.853. The zero-order valence-electron chi connectivity index (χ0n) is 6.26. The minimum Gasteiger partial charge on any atom is -0.398 e. The van der Waals surface area contributed by atoms with Crippen LogP contribution in [-0.2, 0) is 6.54 Å². The van der Waals surface area contributed by atoms with Crippen molar-refractivity contribution in [3.8, 4) is 0 Å². The van der Waals surface area contributed by atoms with E-state index in [1.165, 1.54) is 0 Å². The summed E-state index contributed by atoms with van der Waals surface area (Å²) in [5, 5.41) is 0. The van der Waals surface area contributed by atoms with Crippen LogP contribution >= 0.6 is 15.9 Å². The number of nitrogen functional groups attached to an aromatic ring is 1. The van der Waals surface area contributed by atoms with Gasteiger partial charge < -0.3 is 11.5 Å². The van der Waals surface area contributed by atoms with E-state index >= 15 is 0 Å². The molecule has 0 radical (unpaired) electrons. The molecule has 1 aromatic heterocycles. The number of anilines is 1. The van der Waals surface area contributed by atoms with Gasteiger partial charge in [-0.15, -0.1) is 0 Å². The van der Waals surface area contributed by atoms with Gasteiger partial charge in [-0.2, -0.15) is 0 Å². The van der Waals surface area contributed by atoms with Crippen molar-refractivity contribution in [3.05, 3.63) is 21.9 Å². The number of nitrogens with zero attached hydrogens (tertiary/aromatic N) is 1. The maximum absolute atomic E-state index is 5.65. The molecule has 0 atom stereocenters. The number of pyridine rings is 1. The first-order valence-corrected chi connectivity index (χ1v) is 4.06. The van der Waals surface area contributed by atoms with Crippen molar-refractivity contribution in [2.75, 3.05) is 5.73 Å². The van der Waals surface area contributed by atoms with Crippen LogP contribution in [0.1, 0.15) is 11.4 Å². The minimum atomic E-state index is 0.429. The van der Waals surface area contributed by atoms with E-state index in [1.807, 2.05) is 6.92 Å². The highest BCUT2D eigenvalue weighted by atomic mass is 79.9. The predicted octanol–water partition coefficient (Wildman–Crippen LogP) is 1.19. The summed E-state index contributed by atoms with van der Waals surface area (Å²) < 4.78 is 0.856. The average Bonchev–Trinajstić information content (AvgIpc) is 1.99. The lowest BCUT2D eigenvalue weighted by atomic mass is 10.3. The van der Waals surface area contributed by atoms with E-state index in [0.29, 0.717) is 12.2 Å². The summed E-state index contributed by atoms with van der Waals surface area (Å²) in [6.45, 7) is 2.32. The van der Waals surface area contributed by atoms with Crippen LogP contribution in [0.15, 0.2) is 10.5 Å². The Labute approximate surface area is 73.9 Å². The largest absolute Gasteiger partial charge is 0.398 e. The molecular formula is C7H10BrN3. The third-order valence-corrected chi connectivity index (χ3v) is 2.45. The number of nitrogens with two attached hydrogens (primary N) is 2. The van der Waals surface area contributed by atoms with Gasteiger partial charge in [0.15, 0.2) is 0 Å². The lowest BCUT2D eigenvalue weighted by molar-refractivity contribution is 0.966. The maximum atomic E-state index is 5.65. The maximum Gasteiger partial charge on any atom is 0.0617 e. The van der Waals surface area contributed by atoms with Crippen LogP contribution in [0.5, 0.6) is 0 Å². The Hall–Kier alpha value is -0.610. The summed E-state index contributed by atoms with van der Waals surface area (Å²) >= 11 is 3.31. The molecule has 60 valence electrons. The molecule has 0 saturated heterocycles. The summed E-state index contributed by atoms with van der Waals surface area (Å²) in [7, 11) is 0. The molecule has 0 aliphatic carbocycles. The molecule has 0 aromatic carbocycles. The second-order valence-electron chi connectivity index (χ2n) is 2.31. The Kier molecular flexibility index (Phi) is 2.46. The van der Waals surface area contributed by atoms with E-state index in [-0.39, 0.29) is 0 Å². The first kappa shape index (κ1) is 8.49. The first-order chi connectivity index (χ1) is 5.15. The summed E-state index contributed by atoms with van der Waals surface area (Å²) in [5.41, 5.74) is 13.5. The van der Waals surface area contributed by atoms with Crippen molar-refractivity contribution < 1.29 is 0 Å². The summed E-state index contributed by atoms with van der Waals surface area (Å²) in [4.78, 5) is 4.20. The number of rotatable bonds is 1. The first-order valence-electron chi connectivity index (χ1n) is 3.26. The van der Waals surface area contributed by atoms with Gasteiger partial charge in [-0.1, -0.05) is 0 Å². The molecule has 3 nitrogen and oxygen atoms in total. The van der Waals surface area contributed by atoms with E-state index in [0.717, 1.165) is 15.9 Å². The third kappa shape index (κ3) is 1.70. The standard InChI is InChI=1S/C7H10BrN3/c1-4-7(8)6(10)2-5(3-9)11-4/h2H,3,9H2,1H3,(H2,10,11). The molecule has 1 rings (SSSR count). The lowest BCUT2D eigenvalue weighted by Gasteiger charge is -2.03. The number of aryl methyl sites for hydroxylation is 1. The highest BCUT2D eigenvalue weighted by molar-refractivity contribution is 9.10. The zero-order chi connectivity index (χ0) is 8.43. The SMILES string of the molecule is Cc1nc(CN)cc(N)c1Br. The molecule has 0 aliphatic heterocycles. The van der Waals surface area contributed by atoms with Crippen LogP contribution < -0.4 is 11.5 Å². The number of hydrogen-bond acceptors (Lipinski definition) is 3. The van der Waals surface area contributed by atoms with Gasteiger partial charge in [-0.3, -0.25) is 4.98 Å². The van der Waals surface area contributed by atoms with Gasteiger partial charge in [0.2, 0.25) is 0 Å². The van der Waals surface area contributed by atoms with E-state index < -0.39 is 0 Å². The van der Waals surface area contributed by atoms with Gasteiger partial charge >= 0.3 is 0 Å². The Morgan fingerprint density at radius 2 is 2.27 bits per heavy atom. The number of hydrogen-bond donors (Lipinski definition) is 2. The molecule has 0 unspecified atom stereocenters. The average molecular weight is 216 g/mol. The lowest BCUT2D eigenvalue weighted by Crippen LogP contribution is -2.03. The molecule has 0 aliphatic rings. The van der Waals surface area contributed by atoms with Crippen LogP contribution in [0.25, 0.3) is 0 Å². The predicted molar refractivity (Wildman–Crippen MR) is 49.0 cm³/mol. The van der Waals surface area contributed by atoms with Crippen molar-refractivity contribution >= 4 is 21.6 Å². The molecule has 1 heterocycles. The zero-order valence-corrected chi connectivity index (χ0v) is 7.85. The number of aromatic nitrogens is 1. The van der Waals surface area contributed by atoms with Crippen molar-refractivity contribution in [1.82, 2.24) is 4.98 Å². The Morgan fingerprint density at radius 1 is 1.64 bits per heavy atom. The normalized spacial score (nSPS) is 10.1. The van der Waals surface area contributed by atoms with Crippen LogP contribution in [0.4, 0.5) is 5.69 Å². The van der Waals surface area contributed by atoms with Crippen molar-refractivity contribution in [1.29, 1.82) is 0 Å². The molecule has 0 bridgehead atoms. The monoisotopic (exact) mass is 215 g/mol.